The second kappa shape index (κ2) is 6.04. The number of rotatable bonds is 4. The van der Waals surface area contributed by atoms with Crippen LogP contribution in [0.2, 0.25) is 0 Å². The van der Waals surface area contributed by atoms with Crippen molar-refractivity contribution in [2.45, 2.75) is 6.92 Å². The minimum atomic E-state index is -0.531. The summed E-state index contributed by atoms with van der Waals surface area (Å²) < 4.78 is 23.3. The van der Waals surface area contributed by atoms with Crippen molar-refractivity contribution < 1.29 is 18.7 Å². The van der Waals surface area contributed by atoms with E-state index in [4.69, 9.17) is 20.6 Å². The maximum atomic E-state index is 12.8. The van der Waals surface area contributed by atoms with Gasteiger partial charge in [-0.2, -0.15) is 0 Å². The first-order chi connectivity index (χ1) is 9.95. The molecule has 3 N–H and O–H groups in total. The normalized spacial score (nSPS) is 10.0. The number of halogens is 1. The molecule has 0 radical (unpaired) electrons. The third-order valence-electron chi connectivity index (χ3n) is 2.55. The molecule has 0 aliphatic carbocycles. The molecular formula is C15H13FN2O3. The van der Waals surface area contributed by atoms with Crippen molar-refractivity contribution in [1.29, 1.82) is 5.41 Å². The van der Waals surface area contributed by atoms with Crippen LogP contribution in [0.25, 0.3) is 0 Å². The van der Waals surface area contributed by atoms with Gasteiger partial charge >= 0.3 is 5.97 Å². The maximum absolute atomic E-state index is 12.8. The fraction of sp³-hybridized carbons (Fsp3) is 0.0667. The Balaban J connectivity index is 2.30. The SMILES string of the molecule is CC(=O)Oc1cc(Oc2ccc(F)cc2)ccc1C(=N)N. The topological polar surface area (TPSA) is 85.4 Å². The highest BCUT2D eigenvalue weighted by molar-refractivity contribution is 5.98. The van der Waals surface area contributed by atoms with Crippen molar-refractivity contribution in [3.63, 3.8) is 0 Å². The number of nitrogens with two attached hydrogens (primary N) is 1. The van der Waals surface area contributed by atoms with E-state index in [0.717, 1.165) is 0 Å². The summed E-state index contributed by atoms with van der Waals surface area (Å²) in [4.78, 5) is 11.1. The van der Waals surface area contributed by atoms with Crippen molar-refractivity contribution in [2.75, 3.05) is 0 Å². The average Bonchev–Trinajstić information content (AvgIpc) is 2.40. The lowest BCUT2D eigenvalue weighted by Gasteiger charge is -2.11. The fourth-order valence-electron chi connectivity index (χ4n) is 1.67. The Labute approximate surface area is 120 Å². The van der Waals surface area contributed by atoms with Gasteiger partial charge in [0.2, 0.25) is 0 Å². The zero-order valence-corrected chi connectivity index (χ0v) is 11.2. The van der Waals surface area contributed by atoms with Gasteiger partial charge in [-0.15, -0.1) is 0 Å². The first-order valence-corrected chi connectivity index (χ1v) is 6.06. The smallest absolute Gasteiger partial charge is 0.308 e. The molecule has 0 aromatic heterocycles. The highest BCUT2D eigenvalue weighted by atomic mass is 19.1. The van der Waals surface area contributed by atoms with E-state index in [2.05, 4.69) is 0 Å². The van der Waals surface area contributed by atoms with Gasteiger partial charge in [0.1, 0.15) is 28.9 Å². The Kier molecular flexibility index (Phi) is 4.18. The fourth-order valence-corrected chi connectivity index (χ4v) is 1.67. The molecule has 0 bridgehead atoms. The molecule has 6 heteroatoms. The van der Waals surface area contributed by atoms with E-state index in [9.17, 15) is 9.18 Å². The standard InChI is InChI=1S/C15H13FN2O3/c1-9(19)20-14-8-12(6-7-13(14)15(17)18)21-11-4-2-10(16)3-5-11/h2-8H,1H3,(H3,17,18). The number of carbonyl (C=O) groups excluding carboxylic acids is 1. The van der Waals surface area contributed by atoms with Gasteiger partial charge in [0, 0.05) is 13.0 Å². The van der Waals surface area contributed by atoms with Crippen LogP contribution in [-0.2, 0) is 4.79 Å². The zero-order valence-electron chi connectivity index (χ0n) is 11.2. The Morgan fingerprint density at radius 2 is 1.76 bits per heavy atom. The van der Waals surface area contributed by atoms with E-state index < -0.39 is 5.97 Å². The number of amidine groups is 1. The van der Waals surface area contributed by atoms with Crippen molar-refractivity contribution >= 4 is 11.8 Å². The van der Waals surface area contributed by atoms with Crippen molar-refractivity contribution in [2.24, 2.45) is 5.73 Å². The summed E-state index contributed by atoms with van der Waals surface area (Å²) in [6, 6.07) is 10.0. The minimum absolute atomic E-state index is 0.134. The molecule has 0 fully saturated rings. The van der Waals surface area contributed by atoms with Crippen LogP contribution in [0.3, 0.4) is 0 Å². The molecule has 2 rings (SSSR count). The van der Waals surface area contributed by atoms with Crippen LogP contribution in [0.15, 0.2) is 42.5 Å². The Morgan fingerprint density at radius 1 is 1.14 bits per heavy atom. The largest absolute Gasteiger partial charge is 0.457 e. The van der Waals surface area contributed by atoms with Gasteiger partial charge in [-0.1, -0.05) is 0 Å². The summed E-state index contributed by atoms with van der Waals surface area (Å²) in [7, 11) is 0. The number of benzene rings is 2. The molecule has 2 aromatic rings. The van der Waals surface area contributed by atoms with E-state index in [1.807, 2.05) is 0 Å². The number of hydrogen-bond donors (Lipinski definition) is 2. The van der Waals surface area contributed by atoms with Crippen molar-refractivity contribution in [1.82, 2.24) is 0 Å². The molecule has 0 heterocycles. The second-order valence-corrected chi connectivity index (χ2v) is 4.22. The van der Waals surface area contributed by atoms with Crippen LogP contribution in [0.1, 0.15) is 12.5 Å². The molecule has 21 heavy (non-hydrogen) atoms. The van der Waals surface area contributed by atoms with Gasteiger partial charge < -0.3 is 15.2 Å². The lowest BCUT2D eigenvalue weighted by atomic mass is 10.1. The second-order valence-electron chi connectivity index (χ2n) is 4.22. The van der Waals surface area contributed by atoms with Crippen LogP contribution < -0.4 is 15.2 Å². The minimum Gasteiger partial charge on any atom is -0.457 e. The predicted octanol–water partition coefficient (Wildman–Crippen LogP) is 2.83. The first kappa shape index (κ1) is 14.5. The molecular weight excluding hydrogens is 275 g/mol. The summed E-state index contributed by atoms with van der Waals surface area (Å²) in [5, 5.41) is 7.44. The summed E-state index contributed by atoms with van der Waals surface area (Å²) in [5.74, 6) is -0.177. The molecule has 0 amide bonds. The van der Waals surface area contributed by atoms with Crippen LogP contribution in [0.4, 0.5) is 4.39 Å². The van der Waals surface area contributed by atoms with Crippen LogP contribution in [-0.4, -0.2) is 11.8 Å². The highest BCUT2D eigenvalue weighted by Gasteiger charge is 2.11. The number of nitrogen functional groups attached to an aromatic ring is 1. The number of carbonyl (C=O) groups is 1. The maximum Gasteiger partial charge on any atom is 0.308 e. The molecule has 0 saturated heterocycles. The number of hydrogen-bond acceptors (Lipinski definition) is 4. The molecule has 5 nitrogen and oxygen atoms in total. The van der Waals surface area contributed by atoms with E-state index in [-0.39, 0.29) is 23.0 Å². The van der Waals surface area contributed by atoms with Gasteiger partial charge in [-0.05, 0) is 36.4 Å². The summed E-state index contributed by atoms with van der Waals surface area (Å²) >= 11 is 0. The Hall–Kier alpha value is -2.89. The van der Waals surface area contributed by atoms with E-state index >= 15 is 0 Å². The number of ether oxygens (including phenoxy) is 2. The lowest BCUT2D eigenvalue weighted by Crippen LogP contribution is -2.14. The lowest BCUT2D eigenvalue weighted by molar-refractivity contribution is -0.131. The van der Waals surface area contributed by atoms with E-state index in [0.29, 0.717) is 11.5 Å². The monoisotopic (exact) mass is 288 g/mol. The Bertz CT molecular complexity index is 684. The Morgan fingerprint density at radius 3 is 2.33 bits per heavy atom. The summed E-state index contributed by atoms with van der Waals surface area (Å²) in [6.07, 6.45) is 0. The molecule has 0 aliphatic heterocycles. The van der Waals surface area contributed by atoms with Crippen molar-refractivity contribution in [3.8, 4) is 17.2 Å². The van der Waals surface area contributed by atoms with E-state index in [1.54, 1.807) is 6.07 Å². The third-order valence-corrected chi connectivity index (χ3v) is 2.55. The quantitative estimate of drug-likeness (QED) is 0.392. The van der Waals surface area contributed by atoms with Crippen molar-refractivity contribution in [3.05, 3.63) is 53.8 Å². The average molecular weight is 288 g/mol. The number of nitrogens with one attached hydrogen (secondary N) is 1. The van der Waals surface area contributed by atoms with Gasteiger partial charge in [0.05, 0.1) is 5.56 Å². The van der Waals surface area contributed by atoms with Gasteiger partial charge in [-0.3, -0.25) is 10.2 Å². The molecule has 0 atom stereocenters. The summed E-state index contributed by atoms with van der Waals surface area (Å²) in [6.45, 7) is 1.25. The van der Waals surface area contributed by atoms with Gasteiger partial charge in [0.25, 0.3) is 0 Å². The number of esters is 1. The van der Waals surface area contributed by atoms with Gasteiger partial charge in [0.15, 0.2) is 0 Å². The third kappa shape index (κ3) is 3.79. The molecule has 0 aliphatic rings. The van der Waals surface area contributed by atoms with E-state index in [1.165, 1.54) is 43.3 Å². The zero-order chi connectivity index (χ0) is 15.4. The van der Waals surface area contributed by atoms with Crippen LogP contribution >= 0.6 is 0 Å². The highest BCUT2D eigenvalue weighted by Crippen LogP contribution is 2.28. The molecule has 0 spiro atoms. The summed E-state index contributed by atoms with van der Waals surface area (Å²) in [5.41, 5.74) is 5.71. The molecule has 108 valence electrons. The first-order valence-electron chi connectivity index (χ1n) is 6.06. The molecule has 2 aromatic carbocycles. The van der Waals surface area contributed by atoms with Crippen LogP contribution in [0.5, 0.6) is 17.2 Å². The molecule has 0 saturated carbocycles. The molecule has 0 unspecified atom stereocenters. The van der Waals surface area contributed by atoms with Gasteiger partial charge in [-0.25, -0.2) is 4.39 Å². The predicted molar refractivity (Wildman–Crippen MR) is 75.2 cm³/mol. The van der Waals surface area contributed by atoms with Crippen LogP contribution in [0, 0.1) is 11.2 Å².